The number of hydrogen-bond donors (Lipinski definition) is 1. The van der Waals surface area contributed by atoms with Gasteiger partial charge in [0.05, 0.1) is 6.42 Å². The van der Waals surface area contributed by atoms with E-state index in [0.717, 1.165) is 4.90 Å². The van der Waals surface area contributed by atoms with Gasteiger partial charge in [-0.15, -0.1) is 0 Å². The average Bonchev–Trinajstić information content (AvgIpc) is 2.23. The number of alkyl halides is 3. The number of piperazine rings is 1. The molecule has 0 bridgehead atoms. The van der Waals surface area contributed by atoms with Gasteiger partial charge in [-0.1, -0.05) is 13.8 Å². The van der Waals surface area contributed by atoms with Crippen molar-refractivity contribution >= 4 is 11.8 Å². The van der Waals surface area contributed by atoms with Crippen LogP contribution in [0.1, 0.15) is 40.5 Å². The summed E-state index contributed by atoms with van der Waals surface area (Å²) in [5, 5.41) is 2.60. The molecule has 0 aliphatic carbocycles. The summed E-state index contributed by atoms with van der Waals surface area (Å²) in [7, 11) is 0. The molecule has 1 saturated heterocycles. The third kappa shape index (κ3) is 3.86. The van der Waals surface area contributed by atoms with E-state index in [9.17, 15) is 22.8 Å². The first-order valence-electron chi connectivity index (χ1n) is 6.64. The monoisotopic (exact) mass is 294 g/mol. The number of hydrogen-bond acceptors (Lipinski definition) is 2. The Morgan fingerprint density at radius 3 is 2.30 bits per heavy atom. The van der Waals surface area contributed by atoms with Gasteiger partial charge in [-0.2, -0.15) is 13.2 Å². The number of nitrogens with zero attached hydrogens (tertiary/aromatic N) is 1. The average molecular weight is 294 g/mol. The fourth-order valence-corrected chi connectivity index (χ4v) is 2.24. The molecule has 116 valence electrons. The minimum atomic E-state index is -4.35. The first-order chi connectivity index (χ1) is 8.95. The van der Waals surface area contributed by atoms with Crippen molar-refractivity contribution in [3.63, 3.8) is 0 Å². The zero-order valence-electron chi connectivity index (χ0n) is 12.2. The minimum absolute atomic E-state index is 0.162. The number of rotatable bonds is 4. The van der Waals surface area contributed by atoms with Crippen LogP contribution in [0.3, 0.4) is 0 Å². The fraction of sp³-hybridized carbons (Fsp3) is 0.846. The molecule has 1 N–H and O–H groups in total. The van der Waals surface area contributed by atoms with Crippen LogP contribution >= 0.6 is 0 Å². The lowest BCUT2D eigenvalue weighted by molar-refractivity contribution is -0.164. The summed E-state index contributed by atoms with van der Waals surface area (Å²) in [4.78, 5) is 25.3. The van der Waals surface area contributed by atoms with E-state index in [2.05, 4.69) is 5.32 Å². The Bertz CT molecular complexity index is 392. The molecule has 1 aliphatic heterocycles. The number of halogens is 3. The molecule has 1 atom stereocenters. The van der Waals surface area contributed by atoms with Gasteiger partial charge >= 0.3 is 6.18 Å². The first-order valence-corrected chi connectivity index (χ1v) is 6.64. The predicted octanol–water partition coefficient (Wildman–Crippen LogP) is 2.09. The Hall–Kier alpha value is -1.27. The van der Waals surface area contributed by atoms with Crippen molar-refractivity contribution in [2.45, 2.75) is 58.3 Å². The van der Waals surface area contributed by atoms with Gasteiger partial charge in [0.2, 0.25) is 11.8 Å². The summed E-state index contributed by atoms with van der Waals surface area (Å²) in [6.07, 6.45) is -5.04. The predicted molar refractivity (Wildman–Crippen MR) is 67.8 cm³/mol. The van der Waals surface area contributed by atoms with Crippen molar-refractivity contribution in [2.75, 3.05) is 6.54 Å². The Kier molecular flexibility index (Phi) is 4.71. The molecule has 1 aliphatic rings. The number of amides is 2. The van der Waals surface area contributed by atoms with E-state index in [1.54, 1.807) is 0 Å². The second-order valence-electron chi connectivity index (χ2n) is 6.07. The summed E-state index contributed by atoms with van der Waals surface area (Å²) in [5.41, 5.74) is -1.25. The minimum Gasteiger partial charge on any atom is -0.342 e. The Balaban J connectivity index is 2.90. The van der Waals surface area contributed by atoms with Crippen LogP contribution in [0.5, 0.6) is 0 Å². The fourth-order valence-electron chi connectivity index (χ4n) is 2.24. The van der Waals surface area contributed by atoms with E-state index < -0.39 is 42.5 Å². The quantitative estimate of drug-likeness (QED) is 0.863. The highest BCUT2D eigenvalue weighted by molar-refractivity contribution is 5.99. The Morgan fingerprint density at radius 1 is 1.30 bits per heavy atom. The summed E-state index contributed by atoms with van der Waals surface area (Å²) >= 11 is 0. The van der Waals surface area contributed by atoms with Crippen molar-refractivity contribution in [3.8, 4) is 0 Å². The van der Waals surface area contributed by atoms with E-state index in [-0.39, 0.29) is 5.92 Å². The maximum atomic E-state index is 12.4. The van der Waals surface area contributed by atoms with Gasteiger partial charge < -0.3 is 10.2 Å². The van der Waals surface area contributed by atoms with E-state index in [4.69, 9.17) is 0 Å². The first kappa shape index (κ1) is 16.8. The molecule has 1 unspecified atom stereocenters. The second kappa shape index (κ2) is 5.61. The summed E-state index contributed by atoms with van der Waals surface area (Å²) in [5.74, 6) is -0.688. The zero-order chi connectivity index (χ0) is 15.7. The number of nitrogens with one attached hydrogen (secondary N) is 1. The molecule has 2 amide bonds. The van der Waals surface area contributed by atoms with Crippen LogP contribution in [0.4, 0.5) is 13.2 Å². The van der Waals surface area contributed by atoms with Gasteiger partial charge in [0.15, 0.2) is 0 Å². The molecule has 0 aromatic heterocycles. The van der Waals surface area contributed by atoms with Crippen LogP contribution in [0, 0.1) is 5.92 Å². The molecule has 4 nitrogen and oxygen atoms in total. The van der Waals surface area contributed by atoms with E-state index in [1.165, 1.54) is 13.8 Å². The van der Waals surface area contributed by atoms with E-state index in [1.807, 2.05) is 13.8 Å². The lowest BCUT2D eigenvalue weighted by atomic mass is 9.92. The van der Waals surface area contributed by atoms with Crippen molar-refractivity contribution < 1.29 is 22.8 Å². The highest BCUT2D eigenvalue weighted by Gasteiger charge is 2.47. The molecule has 20 heavy (non-hydrogen) atoms. The van der Waals surface area contributed by atoms with Crippen molar-refractivity contribution in [2.24, 2.45) is 5.92 Å². The van der Waals surface area contributed by atoms with Crippen LogP contribution in [0.15, 0.2) is 0 Å². The largest absolute Gasteiger partial charge is 0.390 e. The summed E-state index contributed by atoms with van der Waals surface area (Å²) < 4.78 is 37.1. The molecular formula is C13H21F3N2O2. The molecule has 0 aromatic carbocycles. The highest BCUT2D eigenvalue weighted by atomic mass is 19.4. The zero-order valence-corrected chi connectivity index (χ0v) is 12.2. The molecule has 0 radical (unpaired) electrons. The number of carbonyl (C=O) groups is 2. The van der Waals surface area contributed by atoms with Crippen LogP contribution in [-0.4, -0.2) is 41.0 Å². The van der Waals surface area contributed by atoms with E-state index in [0.29, 0.717) is 6.42 Å². The van der Waals surface area contributed by atoms with Crippen molar-refractivity contribution in [1.29, 1.82) is 0 Å². The molecule has 1 rings (SSSR count). The molecular weight excluding hydrogens is 273 g/mol. The molecule has 0 saturated carbocycles. The molecule has 0 spiro atoms. The number of carbonyl (C=O) groups excluding carboxylic acids is 2. The lowest BCUT2D eigenvalue weighted by Crippen LogP contribution is -2.68. The van der Waals surface area contributed by atoms with Gasteiger partial charge in [0.1, 0.15) is 11.6 Å². The van der Waals surface area contributed by atoms with E-state index >= 15 is 0 Å². The van der Waals surface area contributed by atoms with Gasteiger partial charge in [-0.3, -0.25) is 9.59 Å². The standard InChI is InChI=1S/C13H21F3N2O2/c1-8(2)7-9-10(19)18(6-5-13(14,15)16)12(3,4)11(20)17-9/h8-9H,5-7H2,1-4H3,(H,17,20). The molecule has 1 fully saturated rings. The Morgan fingerprint density at radius 2 is 1.85 bits per heavy atom. The molecule has 7 heteroatoms. The van der Waals surface area contributed by atoms with Gasteiger partial charge in [-0.05, 0) is 26.2 Å². The Labute approximate surface area is 116 Å². The van der Waals surface area contributed by atoms with Crippen LogP contribution in [-0.2, 0) is 9.59 Å². The third-order valence-electron chi connectivity index (χ3n) is 3.43. The van der Waals surface area contributed by atoms with Gasteiger partial charge in [0, 0.05) is 6.54 Å². The second-order valence-corrected chi connectivity index (χ2v) is 6.07. The van der Waals surface area contributed by atoms with Crippen LogP contribution < -0.4 is 5.32 Å². The maximum Gasteiger partial charge on any atom is 0.390 e. The SMILES string of the molecule is CC(C)CC1NC(=O)C(C)(C)N(CCC(F)(F)F)C1=O. The maximum absolute atomic E-state index is 12.4. The smallest absolute Gasteiger partial charge is 0.342 e. The summed E-state index contributed by atoms with van der Waals surface area (Å²) in [6.45, 7) is 6.21. The molecule has 1 heterocycles. The third-order valence-corrected chi connectivity index (χ3v) is 3.43. The summed E-state index contributed by atoms with van der Waals surface area (Å²) in [6, 6.07) is -0.733. The van der Waals surface area contributed by atoms with Crippen LogP contribution in [0.2, 0.25) is 0 Å². The van der Waals surface area contributed by atoms with Gasteiger partial charge in [-0.25, -0.2) is 0 Å². The molecule has 0 aromatic rings. The van der Waals surface area contributed by atoms with Crippen LogP contribution in [0.25, 0.3) is 0 Å². The van der Waals surface area contributed by atoms with Crippen molar-refractivity contribution in [3.05, 3.63) is 0 Å². The highest BCUT2D eigenvalue weighted by Crippen LogP contribution is 2.27. The topological polar surface area (TPSA) is 49.4 Å². The normalized spacial score (nSPS) is 23.2. The van der Waals surface area contributed by atoms with Crippen molar-refractivity contribution in [1.82, 2.24) is 10.2 Å². The van der Waals surface area contributed by atoms with Gasteiger partial charge in [0.25, 0.3) is 0 Å². The lowest BCUT2D eigenvalue weighted by Gasteiger charge is -2.44.